The van der Waals surface area contributed by atoms with E-state index in [1.165, 1.54) is 10.7 Å². The van der Waals surface area contributed by atoms with Crippen molar-refractivity contribution in [3.05, 3.63) is 23.2 Å². The van der Waals surface area contributed by atoms with Crippen LogP contribution in [0, 0.1) is 0 Å². The molecule has 0 aliphatic rings. The summed E-state index contributed by atoms with van der Waals surface area (Å²) in [5.41, 5.74) is 5.62. The Labute approximate surface area is 79.6 Å². The highest BCUT2D eigenvalue weighted by Gasteiger charge is 2.07. The van der Waals surface area contributed by atoms with Gasteiger partial charge in [0.1, 0.15) is 0 Å². The van der Waals surface area contributed by atoms with E-state index in [2.05, 4.69) is 15.1 Å². The SMILES string of the molecule is CC(N)c1nc2ncc(Cl)cn2n1. The van der Waals surface area contributed by atoms with Crippen molar-refractivity contribution in [3.63, 3.8) is 0 Å². The van der Waals surface area contributed by atoms with Crippen LogP contribution in [0.3, 0.4) is 0 Å². The van der Waals surface area contributed by atoms with Crippen LogP contribution in [0.5, 0.6) is 0 Å². The summed E-state index contributed by atoms with van der Waals surface area (Å²) in [5.74, 6) is 1.08. The Kier molecular flexibility index (Phi) is 1.90. The molecule has 0 spiro atoms. The van der Waals surface area contributed by atoms with E-state index in [9.17, 15) is 0 Å². The fourth-order valence-corrected chi connectivity index (χ4v) is 1.11. The van der Waals surface area contributed by atoms with Crippen molar-refractivity contribution in [2.45, 2.75) is 13.0 Å². The highest BCUT2D eigenvalue weighted by atomic mass is 35.5. The Morgan fingerprint density at radius 2 is 2.38 bits per heavy atom. The molecule has 2 heterocycles. The Morgan fingerprint density at radius 1 is 1.62 bits per heavy atom. The second-order valence-corrected chi connectivity index (χ2v) is 3.21. The number of aromatic nitrogens is 4. The van der Waals surface area contributed by atoms with Crippen LogP contribution in [0.4, 0.5) is 0 Å². The van der Waals surface area contributed by atoms with E-state index in [1.807, 2.05) is 6.92 Å². The van der Waals surface area contributed by atoms with Gasteiger partial charge in [0.05, 0.1) is 23.5 Å². The molecular weight excluding hydrogens is 190 g/mol. The Hall–Kier alpha value is -1.20. The maximum atomic E-state index is 5.73. The number of hydrogen-bond acceptors (Lipinski definition) is 4. The number of nitrogens with two attached hydrogens (primary N) is 1. The predicted octanol–water partition coefficient (Wildman–Crippen LogP) is 0.797. The summed E-state index contributed by atoms with van der Waals surface area (Å²) in [6.45, 7) is 1.82. The minimum atomic E-state index is -0.194. The zero-order valence-electron chi connectivity index (χ0n) is 6.98. The van der Waals surface area contributed by atoms with Crippen molar-refractivity contribution >= 4 is 17.4 Å². The minimum Gasteiger partial charge on any atom is -0.321 e. The fraction of sp³-hybridized carbons (Fsp3) is 0.286. The van der Waals surface area contributed by atoms with Gasteiger partial charge in [0.2, 0.25) is 0 Å². The van der Waals surface area contributed by atoms with Gasteiger partial charge in [-0.3, -0.25) is 0 Å². The fourth-order valence-electron chi connectivity index (χ4n) is 0.968. The van der Waals surface area contributed by atoms with Crippen LogP contribution in [0.1, 0.15) is 18.8 Å². The molecule has 2 N–H and O–H groups in total. The monoisotopic (exact) mass is 197 g/mol. The van der Waals surface area contributed by atoms with E-state index in [0.29, 0.717) is 16.6 Å². The van der Waals surface area contributed by atoms with Gasteiger partial charge in [0.15, 0.2) is 5.82 Å². The first-order valence-corrected chi connectivity index (χ1v) is 4.18. The average molecular weight is 198 g/mol. The van der Waals surface area contributed by atoms with E-state index in [0.717, 1.165) is 0 Å². The number of rotatable bonds is 1. The zero-order chi connectivity index (χ0) is 9.42. The lowest BCUT2D eigenvalue weighted by molar-refractivity contribution is 0.733. The summed E-state index contributed by atoms with van der Waals surface area (Å²) in [5, 5.41) is 4.63. The summed E-state index contributed by atoms with van der Waals surface area (Å²) < 4.78 is 1.51. The molecule has 13 heavy (non-hydrogen) atoms. The summed E-state index contributed by atoms with van der Waals surface area (Å²) in [7, 11) is 0. The smallest absolute Gasteiger partial charge is 0.252 e. The third kappa shape index (κ3) is 1.48. The predicted molar refractivity (Wildman–Crippen MR) is 48.4 cm³/mol. The van der Waals surface area contributed by atoms with E-state index in [1.54, 1.807) is 6.20 Å². The topological polar surface area (TPSA) is 69.1 Å². The molecule has 0 saturated heterocycles. The van der Waals surface area contributed by atoms with Gasteiger partial charge in [-0.2, -0.15) is 4.98 Å². The first-order valence-electron chi connectivity index (χ1n) is 3.80. The number of nitrogens with zero attached hydrogens (tertiary/aromatic N) is 4. The lowest BCUT2D eigenvalue weighted by atomic mass is 10.3. The summed E-state index contributed by atoms with van der Waals surface area (Å²) >= 11 is 5.73. The molecular formula is C7H8ClN5. The lowest BCUT2D eigenvalue weighted by Gasteiger charge is -1.93. The molecule has 6 heteroatoms. The maximum Gasteiger partial charge on any atom is 0.252 e. The van der Waals surface area contributed by atoms with Gasteiger partial charge in [-0.1, -0.05) is 11.6 Å². The van der Waals surface area contributed by atoms with Crippen LogP contribution in [0.15, 0.2) is 12.4 Å². The van der Waals surface area contributed by atoms with Crippen molar-refractivity contribution in [1.29, 1.82) is 0 Å². The summed E-state index contributed by atoms with van der Waals surface area (Å²) in [6, 6.07) is -0.194. The van der Waals surface area contributed by atoms with E-state index >= 15 is 0 Å². The molecule has 68 valence electrons. The molecule has 2 aromatic rings. The van der Waals surface area contributed by atoms with E-state index in [4.69, 9.17) is 17.3 Å². The molecule has 0 bridgehead atoms. The standard InChI is InChI=1S/C7H8ClN5/c1-4(9)6-11-7-10-2-5(8)3-13(7)12-6/h2-4H,9H2,1H3. The van der Waals surface area contributed by atoms with Gasteiger partial charge < -0.3 is 5.73 Å². The quantitative estimate of drug-likeness (QED) is 0.734. The van der Waals surface area contributed by atoms with Crippen LogP contribution in [-0.4, -0.2) is 19.6 Å². The molecule has 0 aliphatic carbocycles. The zero-order valence-corrected chi connectivity index (χ0v) is 7.73. The van der Waals surface area contributed by atoms with Gasteiger partial charge in [-0.25, -0.2) is 9.50 Å². The maximum absolute atomic E-state index is 5.73. The van der Waals surface area contributed by atoms with E-state index in [-0.39, 0.29) is 6.04 Å². The Bertz CT molecular complexity index is 435. The van der Waals surface area contributed by atoms with Crippen molar-refractivity contribution in [3.8, 4) is 0 Å². The molecule has 0 amide bonds. The second kappa shape index (κ2) is 2.93. The van der Waals surface area contributed by atoms with Crippen molar-refractivity contribution in [1.82, 2.24) is 19.6 Å². The number of halogens is 1. The van der Waals surface area contributed by atoms with Crippen LogP contribution in [-0.2, 0) is 0 Å². The van der Waals surface area contributed by atoms with Gasteiger partial charge in [0.25, 0.3) is 5.78 Å². The highest BCUT2D eigenvalue weighted by Crippen LogP contribution is 2.08. The molecule has 0 fully saturated rings. The molecule has 5 nitrogen and oxygen atoms in total. The molecule has 1 unspecified atom stereocenters. The third-order valence-electron chi connectivity index (χ3n) is 1.59. The molecule has 2 aromatic heterocycles. The van der Waals surface area contributed by atoms with Crippen molar-refractivity contribution in [2.75, 3.05) is 0 Å². The Balaban J connectivity index is 2.62. The average Bonchev–Trinajstić information content (AvgIpc) is 2.46. The normalized spacial score (nSPS) is 13.5. The van der Waals surface area contributed by atoms with Crippen LogP contribution < -0.4 is 5.73 Å². The van der Waals surface area contributed by atoms with E-state index < -0.39 is 0 Å². The third-order valence-corrected chi connectivity index (χ3v) is 1.78. The summed E-state index contributed by atoms with van der Waals surface area (Å²) in [6.07, 6.45) is 3.17. The van der Waals surface area contributed by atoms with Crippen LogP contribution in [0.2, 0.25) is 5.02 Å². The van der Waals surface area contributed by atoms with Gasteiger partial charge in [0, 0.05) is 0 Å². The second-order valence-electron chi connectivity index (χ2n) is 2.78. The van der Waals surface area contributed by atoms with Crippen molar-refractivity contribution < 1.29 is 0 Å². The minimum absolute atomic E-state index is 0.194. The molecule has 2 rings (SSSR count). The molecule has 0 aliphatic heterocycles. The molecule has 1 atom stereocenters. The van der Waals surface area contributed by atoms with Crippen molar-refractivity contribution in [2.24, 2.45) is 5.73 Å². The first kappa shape index (κ1) is 8.40. The summed E-state index contributed by atoms with van der Waals surface area (Å²) in [4.78, 5) is 8.10. The number of hydrogen-bond donors (Lipinski definition) is 1. The van der Waals surface area contributed by atoms with Gasteiger partial charge in [-0.05, 0) is 6.92 Å². The van der Waals surface area contributed by atoms with Crippen LogP contribution >= 0.6 is 11.6 Å². The highest BCUT2D eigenvalue weighted by molar-refractivity contribution is 6.30. The first-order chi connectivity index (χ1) is 6.16. The van der Waals surface area contributed by atoms with Gasteiger partial charge in [-0.15, -0.1) is 5.10 Å². The lowest BCUT2D eigenvalue weighted by Crippen LogP contribution is -2.07. The Morgan fingerprint density at radius 3 is 3.08 bits per heavy atom. The van der Waals surface area contributed by atoms with Crippen LogP contribution in [0.25, 0.3) is 5.78 Å². The van der Waals surface area contributed by atoms with Gasteiger partial charge >= 0.3 is 0 Å². The largest absolute Gasteiger partial charge is 0.321 e. The molecule has 0 saturated carbocycles. The molecule has 0 aromatic carbocycles. The molecule has 0 radical (unpaired) electrons. The number of fused-ring (bicyclic) bond motifs is 1.